The van der Waals surface area contributed by atoms with Crippen LogP contribution in [0.15, 0.2) is 42.5 Å². The molecule has 0 aliphatic carbocycles. The monoisotopic (exact) mass is 371 g/mol. The molecule has 2 amide bonds. The van der Waals surface area contributed by atoms with Crippen molar-refractivity contribution < 1.29 is 29.0 Å². The first-order valence-corrected chi connectivity index (χ1v) is 8.06. The third-order valence-corrected chi connectivity index (χ3v) is 3.62. The predicted molar refractivity (Wildman–Crippen MR) is 96.8 cm³/mol. The normalized spacial score (nSPS) is 10.0. The molecule has 0 unspecified atom stereocenters. The molecule has 0 bridgehead atoms. The van der Waals surface area contributed by atoms with Gasteiger partial charge in [0.25, 0.3) is 5.91 Å². The Morgan fingerprint density at radius 2 is 1.74 bits per heavy atom. The zero-order valence-corrected chi connectivity index (χ0v) is 14.9. The molecule has 0 aromatic heterocycles. The maximum atomic E-state index is 12.5. The van der Waals surface area contributed by atoms with Crippen LogP contribution in [-0.4, -0.2) is 32.0 Å². The number of carbonyl (C=O) groups excluding carboxylic acids is 3. The van der Waals surface area contributed by atoms with Gasteiger partial charge in [-0.1, -0.05) is 6.07 Å². The number of rotatable bonds is 8. The Labute approximate surface area is 156 Å². The summed E-state index contributed by atoms with van der Waals surface area (Å²) in [6, 6.07) is 11.3. The van der Waals surface area contributed by atoms with Gasteiger partial charge in [0, 0.05) is 29.7 Å². The highest BCUT2D eigenvalue weighted by molar-refractivity contribution is 6.06. The number of hydrogen-bond donors (Lipinski definition) is 2. The van der Waals surface area contributed by atoms with Gasteiger partial charge in [-0.05, 0) is 36.8 Å². The van der Waals surface area contributed by atoms with E-state index in [4.69, 9.17) is 9.47 Å². The number of carbonyl (C=O) groups is 3. The fraction of sp³-hybridized carbons (Fsp3) is 0.211. The van der Waals surface area contributed by atoms with Crippen LogP contribution in [0, 0.1) is 0 Å². The lowest BCUT2D eigenvalue weighted by molar-refractivity contribution is -0.305. The third-order valence-electron chi connectivity index (χ3n) is 3.62. The number of nitrogens with one attached hydrogen (secondary N) is 2. The lowest BCUT2D eigenvalue weighted by atomic mass is 10.1. The number of benzene rings is 2. The Bertz CT molecular complexity index is 850. The van der Waals surface area contributed by atoms with Crippen LogP contribution in [0.2, 0.25) is 0 Å². The fourth-order valence-electron chi connectivity index (χ4n) is 2.28. The van der Waals surface area contributed by atoms with Gasteiger partial charge in [0.05, 0.1) is 19.9 Å². The molecule has 0 fully saturated rings. The van der Waals surface area contributed by atoms with Crippen molar-refractivity contribution >= 4 is 29.2 Å². The van der Waals surface area contributed by atoms with E-state index in [0.29, 0.717) is 28.4 Å². The summed E-state index contributed by atoms with van der Waals surface area (Å²) in [4.78, 5) is 34.6. The van der Waals surface area contributed by atoms with Crippen molar-refractivity contribution in [1.82, 2.24) is 0 Å². The number of anilines is 2. The van der Waals surface area contributed by atoms with E-state index in [2.05, 4.69) is 10.6 Å². The Hall–Kier alpha value is -3.55. The number of amides is 2. The van der Waals surface area contributed by atoms with E-state index < -0.39 is 17.8 Å². The smallest absolute Gasteiger partial charge is 0.255 e. The number of aliphatic carboxylic acids is 1. The Morgan fingerprint density at radius 1 is 0.963 bits per heavy atom. The van der Waals surface area contributed by atoms with Crippen molar-refractivity contribution in [3.8, 4) is 11.5 Å². The van der Waals surface area contributed by atoms with Gasteiger partial charge in [0.1, 0.15) is 11.5 Å². The average molecular weight is 371 g/mol. The highest BCUT2D eigenvalue weighted by Crippen LogP contribution is 2.29. The standard InChI is InChI=1S/C19H20N2O6/c1-26-14-6-7-16(27-2)15(11-14)21-19(25)12-4-3-5-13(10-12)20-17(22)8-9-18(23)24/h3-7,10-11H,8-9H2,1-2H3,(H,20,22)(H,21,25)(H,23,24)/p-1. The van der Waals surface area contributed by atoms with Crippen LogP contribution in [0.5, 0.6) is 11.5 Å². The maximum absolute atomic E-state index is 12.5. The third kappa shape index (κ3) is 5.74. The molecule has 8 heteroatoms. The van der Waals surface area contributed by atoms with Gasteiger partial charge in [0.2, 0.25) is 5.91 Å². The highest BCUT2D eigenvalue weighted by atomic mass is 16.5. The van der Waals surface area contributed by atoms with Crippen LogP contribution in [0.3, 0.4) is 0 Å². The molecular formula is C19H19N2O6-. The summed E-state index contributed by atoms with van der Waals surface area (Å²) < 4.78 is 10.4. The van der Waals surface area contributed by atoms with Gasteiger partial charge in [-0.2, -0.15) is 0 Å². The Morgan fingerprint density at radius 3 is 2.41 bits per heavy atom. The van der Waals surface area contributed by atoms with E-state index >= 15 is 0 Å². The largest absolute Gasteiger partial charge is 0.550 e. The molecule has 2 aromatic carbocycles. The average Bonchev–Trinajstić information content (AvgIpc) is 2.66. The van der Waals surface area contributed by atoms with Crippen LogP contribution in [0.1, 0.15) is 23.2 Å². The molecule has 2 rings (SSSR count). The Balaban J connectivity index is 2.11. The summed E-state index contributed by atoms with van der Waals surface area (Å²) in [5.74, 6) is -1.17. The van der Waals surface area contributed by atoms with Crippen LogP contribution in [0.4, 0.5) is 11.4 Å². The highest BCUT2D eigenvalue weighted by Gasteiger charge is 2.12. The van der Waals surface area contributed by atoms with Gasteiger partial charge >= 0.3 is 0 Å². The number of carboxylic acid groups (broad SMARTS) is 1. The molecule has 142 valence electrons. The first kappa shape index (κ1) is 19.8. The van der Waals surface area contributed by atoms with Crippen LogP contribution < -0.4 is 25.2 Å². The maximum Gasteiger partial charge on any atom is 0.255 e. The second-order valence-corrected chi connectivity index (χ2v) is 5.52. The topological polar surface area (TPSA) is 117 Å². The quantitative estimate of drug-likeness (QED) is 0.725. The minimum absolute atomic E-state index is 0.209. The first-order chi connectivity index (χ1) is 12.9. The van der Waals surface area contributed by atoms with Crippen molar-refractivity contribution in [1.29, 1.82) is 0 Å². The van der Waals surface area contributed by atoms with E-state index in [1.54, 1.807) is 36.4 Å². The van der Waals surface area contributed by atoms with Crippen molar-refractivity contribution in [2.45, 2.75) is 12.8 Å². The van der Waals surface area contributed by atoms with Crippen LogP contribution in [0.25, 0.3) is 0 Å². The molecule has 0 aliphatic rings. The van der Waals surface area contributed by atoms with Gasteiger partial charge in [-0.3, -0.25) is 9.59 Å². The summed E-state index contributed by atoms with van der Waals surface area (Å²) in [5.41, 5.74) is 1.12. The lowest BCUT2D eigenvalue weighted by Crippen LogP contribution is -2.24. The first-order valence-electron chi connectivity index (χ1n) is 8.06. The molecule has 0 saturated heterocycles. The van der Waals surface area contributed by atoms with Crippen molar-refractivity contribution in [3.63, 3.8) is 0 Å². The van der Waals surface area contributed by atoms with Crippen LogP contribution >= 0.6 is 0 Å². The minimum atomic E-state index is -1.30. The molecule has 0 atom stereocenters. The van der Waals surface area contributed by atoms with Crippen LogP contribution in [-0.2, 0) is 9.59 Å². The SMILES string of the molecule is COc1ccc(OC)c(NC(=O)c2cccc(NC(=O)CCC(=O)[O-])c2)c1. The van der Waals surface area contributed by atoms with E-state index in [9.17, 15) is 19.5 Å². The second-order valence-electron chi connectivity index (χ2n) is 5.52. The molecule has 0 aliphatic heterocycles. The molecule has 0 spiro atoms. The van der Waals surface area contributed by atoms with Gasteiger partial charge in [-0.25, -0.2) is 0 Å². The van der Waals surface area contributed by atoms with Gasteiger partial charge < -0.3 is 30.0 Å². The summed E-state index contributed by atoms with van der Waals surface area (Å²) in [6.07, 6.45) is -0.582. The molecular weight excluding hydrogens is 352 g/mol. The Kier molecular flexibility index (Phi) is 6.76. The molecule has 0 radical (unpaired) electrons. The zero-order valence-electron chi connectivity index (χ0n) is 14.9. The lowest BCUT2D eigenvalue weighted by Gasteiger charge is -2.12. The van der Waals surface area contributed by atoms with Crippen molar-refractivity contribution in [3.05, 3.63) is 48.0 Å². The molecule has 0 heterocycles. The van der Waals surface area contributed by atoms with Gasteiger partial charge in [-0.15, -0.1) is 0 Å². The van der Waals surface area contributed by atoms with Crippen molar-refractivity contribution in [2.24, 2.45) is 0 Å². The van der Waals surface area contributed by atoms with E-state index in [-0.39, 0.29) is 12.8 Å². The van der Waals surface area contributed by atoms with E-state index in [1.807, 2.05) is 0 Å². The molecule has 27 heavy (non-hydrogen) atoms. The van der Waals surface area contributed by atoms with Gasteiger partial charge in [0.15, 0.2) is 0 Å². The zero-order chi connectivity index (χ0) is 19.8. The number of methoxy groups -OCH3 is 2. The number of ether oxygens (including phenoxy) is 2. The molecule has 0 saturated carbocycles. The molecule has 2 aromatic rings. The number of carboxylic acids is 1. The number of hydrogen-bond acceptors (Lipinski definition) is 6. The summed E-state index contributed by atoms with van der Waals surface area (Å²) in [7, 11) is 3.00. The fourth-order valence-corrected chi connectivity index (χ4v) is 2.28. The summed E-state index contributed by atoms with van der Waals surface area (Å²) in [5, 5.41) is 15.7. The molecule has 2 N–H and O–H groups in total. The second kappa shape index (κ2) is 9.23. The molecule has 8 nitrogen and oxygen atoms in total. The van der Waals surface area contributed by atoms with E-state index in [0.717, 1.165) is 0 Å². The van der Waals surface area contributed by atoms with Crippen molar-refractivity contribution in [2.75, 3.05) is 24.9 Å². The summed E-state index contributed by atoms with van der Waals surface area (Å²) in [6.45, 7) is 0. The van der Waals surface area contributed by atoms with E-state index in [1.165, 1.54) is 20.3 Å². The minimum Gasteiger partial charge on any atom is -0.550 e. The summed E-state index contributed by atoms with van der Waals surface area (Å²) >= 11 is 0. The predicted octanol–water partition coefficient (Wildman–Crippen LogP) is 1.42.